The number of halogens is 9. The zero-order valence-electron chi connectivity index (χ0n) is 28.7. The molecule has 9 nitrogen and oxygen atoms in total. The fraction of sp³-hybridized carbons (Fsp3) is 0.486. The van der Waals surface area contributed by atoms with Crippen molar-refractivity contribution in [3.63, 3.8) is 0 Å². The van der Waals surface area contributed by atoms with Crippen LogP contribution in [0, 0.1) is 5.41 Å². The first-order chi connectivity index (χ1) is 24.7. The summed E-state index contributed by atoms with van der Waals surface area (Å²) in [6.07, 6.45) is -12.6. The van der Waals surface area contributed by atoms with Crippen molar-refractivity contribution in [2.75, 3.05) is 34.4 Å². The summed E-state index contributed by atoms with van der Waals surface area (Å²) in [5.74, 6) is -1.17. The summed E-state index contributed by atoms with van der Waals surface area (Å²) in [7, 11) is 0. The number of ether oxygens (including phenoxy) is 1. The number of carboxylic acid groups (broad SMARTS) is 1. The van der Waals surface area contributed by atoms with Crippen LogP contribution in [0.2, 0.25) is 0 Å². The Morgan fingerprint density at radius 1 is 0.887 bits per heavy atom. The van der Waals surface area contributed by atoms with Crippen molar-refractivity contribution in [1.29, 1.82) is 0 Å². The molecule has 1 N–H and O–H groups in total. The molecule has 5 rings (SSSR count). The van der Waals surface area contributed by atoms with E-state index in [9.17, 15) is 54.2 Å². The zero-order valence-corrected chi connectivity index (χ0v) is 28.7. The molecule has 0 unspecified atom stereocenters. The minimum atomic E-state index is -5.17. The summed E-state index contributed by atoms with van der Waals surface area (Å²) < 4.78 is 131. The average Bonchev–Trinajstić information content (AvgIpc) is 3.09. The first-order valence-electron chi connectivity index (χ1n) is 16.7. The lowest BCUT2D eigenvalue weighted by Gasteiger charge is -2.44. The Morgan fingerprint density at radius 2 is 1.45 bits per heavy atom. The first-order valence-corrected chi connectivity index (χ1v) is 16.7. The minimum absolute atomic E-state index is 0.0102. The lowest BCUT2D eigenvalue weighted by molar-refractivity contribution is -0.149. The predicted molar refractivity (Wildman–Crippen MR) is 174 cm³/mol. The Kier molecular flexibility index (Phi) is 10.8. The summed E-state index contributed by atoms with van der Waals surface area (Å²) in [4.78, 5) is 38.0. The third-order valence-corrected chi connectivity index (χ3v) is 9.78. The summed E-state index contributed by atoms with van der Waals surface area (Å²) in [6, 6.07) is 1.76. The maximum atomic E-state index is 14.1. The van der Waals surface area contributed by atoms with E-state index < -0.39 is 76.9 Å². The minimum Gasteiger partial charge on any atom is -0.481 e. The summed E-state index contributed by atoms with van der Waals surface area (Å²) in [6.45, 7) is 4.75. The molecule has 2 aliphatic heterocycles. The van der Waals surface area contributed by atoms with Gasteiger partial charge in [0.25, 0.3) is 0 Å². The second-order valence-corrected chi connectivity index (χ2v) is 13.3. The molecule has 2 aromatic carbocycles. The molecule has 2 atom stereocenters. The number of alkyl halides is 9. The smallest absolute Gasteiger partial charge is 0.416 e. The molecule has 3 heterocycles. The quantitative estimate of drug-likeness (QED) is 0.227. The summed E-state index contributed by atoms with van der Waals surface area (Å²) >= 11 is 0. The normalized spacial score (nSPS) is 19.1. The maximum Gasteiger partial charge on any atom is 0.416 e. The summed E-state index contributed by atoms with van der Waals surface area (Å²) in [5.41, 5.74) is -5.34. The van der Waals surface area contributed by atoms with E-state index in [4.69, 9.17) is 4.74 Å². The molecule has 288 valence electrons. The molecule has 1 saturated heterocycles. The fourth-order valence-electron chi connectivity index (χ4n) is 6.71. The van der Waals surface area contributed by atoms with Gasteiger partial charge in [-0.2, -0.15) is 39.5 Å². The van der Waals surface area contributed by atoms with E-state index in [0.717, 1.165) is 18.2 Å². The molecule has 18 heteroatoms. The average molecular weight is 762 g/mol. The van der Waals surface area contributed by atoms with Gasteiger partial charge in [0, 0.05) is 25.7 Å². The molecular weight excluding hydrogens is 725 g/mol. The van der Waals surface area contributed by atoms with E-state index >= 15 is 0 Å². The number of hydrogen-bond acceptors (Lipinski definition) is 7. The van der Waals surface area contributed by atoms with Crippen LogP contribution >= 0.6 is 0 Å². The van der Waals surface area contributed by atoms with Crippen molar-refractivity contribution in [3.8, 4) is 0 Å². The lowest BCUT2D eigenvalue weighted by Crippen LogP contribution is -2.48. The van der Waals surface area contributed by atoms with Gasteiger partial charge in [0.2, 0.25) is 5.95 Å². The van der Waals surface area contributed by atoms with Crippen LogP contribution in [0.25, 0.3) is 0 Å². The molecule has 0 bridgehead atoms. The SMILES string of the molecule is CCOC(=O)N1c2ccc(C(F)(F)F)cc2[C@@H](N(Cc2cc(C(F)(F)F)cc(C(F)(F)F)c2)c2ncc(N3CCC(C)(C(=O)O)CC3)cn2)C[C@H]1CC. The number of piperidine rings is 1. The zero-order chi connectivity index (χ0) is 39.1. The molecule has 1 amide bonds. The van der Waals surface area contributed by atoms with Crippen molar-refractivity contribution in [2.24, 2.45) is 5.41 Å². The van der Waals surface area contributed by atoms with Crippen LogP contribution in [0.4, 0.5) is 61.6 Å². The molecule has 2 aliphatic rings. The van der Waals surface area contributed by atoms with Gasteiger partial charge in [-0.1, -0.05) is 6.92 Å². The number of hydrogen-bond donors (Lipinski definition) is 1. The highest BCUT2D eigenvalue weighted by molar-refractivity contribution is 5.90. The van der Waals surface area contributed by atoms with Crippen LogP contribution in [-0.2, 0) is 34.6 Å². The Balaban J connectivity index is 1.66. The van der Waals surface area contributed by atoms with Gasteiger partial charge in [0.15, 0.2) is 0 Å². The van der Waals surface area contributed by atoms with Crippen molar-refractivity contribution in [1.82, 2.24) is 9.97 Å². The second-order valence-electron chi connectivity index (χ2n) is 13.3. The molecule has 3 aromatic rings. The fourth-order valence-corrected chi connectivity index (χ4v) is 6.71. The predicted octanol–water partition coefficient (Wildman–Crippen LogP) is 9.12. The van der Waals surface area contributed by atoms with Gasteiger partial charge in [0.05, 0.1) is 58.5 Å². The Bertz CT molecular complexity index is 1780. The highest BCUT2D eigenvalue weighted by Crippen LogP contribution is 2.46. The Morgan fingerprint density at radius 3 is 1.94 bits per heavy atom. The Hall–Kier alpha value is -4.77. The van der Waals surface area contributed by atoms with Gasteiger partial charge < -0.3 is 19.6 Å². The molecule has 0 spiro atoms. The van der Waals surface area contributed by atoms with Crippen LogP contribution in [0.1, 0.15) is 80.3 Å². The van der Waals surface area contributed by atoms with Crippen LogP contribution in [0.5, 0.6) is 0 Å². The number of aliphatic carboxylic acids is 1. The van der Waals surface area contributed by atoms with Gasteiger partial charge in [-0.05, 0) is 87.1 Å². The second kappa shape index (κ2) is 14.6. The van der Waals surface area contributed by atoms with E-state index in [1.54, 1.807) is 20.8 Å². The van der Waals surface area contributed by atoms with Crippen LogP contribution in [-0.4, -0.2) is 52.9 Å². The van der Waals surface area contributed by atoms with E-state index in [0.29, 0.717) is 43.8 Å². The topological polar surface area (TPSA) is 99.1 Å². The number of benzene rings is 2. The van der Waals surface area contributed by atoms with E-state index in [1.165, 1.54) is 22.2 Å². The number of rotatable bonds is 8. The van der Waals surface area contributed by atoms with Crippen molar-refractivity contribution in [2.45, 2.75) is 83.6 Å². The third-order valence-electron chi connectivity index (χ3n) is 9.78. The largest absolute Gasteiger partial charge is 0.481 e. The van der Waals surface area contributed by atoms with Gasteiger partial charge in [0.1, 0.15) is 0 Å². The number of anilines is 3. The molecule has 0 saturated carbocycles. The van der Waals surface area contributed by atoms with Gasteiger partial charge >= 0.3 is 30.6 Å². The number of carbonyl (C=O) groups is 2. The van der Waals surface area contributed by atoms with Gasteiger partial charge in [-0.3, -0.25) is 9.69 Å². The van der Waals surface area contributed by atoms with E-state index in [-0.39, 0.29) is 42.7 Å². The van der Waals surface area contributed by atoms with Crippen LogP contribution in [0.3, 0.4) is 0 Å². The highest BCUT2D eigenvalue weighted by atomic mass is 19.4. The molecule has 1 fully saturated rings. The number of nitrogens with zero attached hydrogens (tertiary/aromatic N) is 5. The van der Waals surface area contributed by atoms with Crippen molar-refractivity contribution in [3.05, 3.63) is 76.6 Å². The number of carboxylic acids is 1. The lowest BCUT2D eigenvalue weighted by atomic mass is 9.80. The van der Waals surface area contributed by atoms with Crippen molar-refractivity contribution >= 4 is 29.4 Å². The van der Waals surface area contributed by atoms with E-state index in [2.05, 4.69) is 9.97 Å². The number of fused-ring (bicyclic) bond motifs is 1. The van der Waals surface area contributed by atoms with Crippen LogP contribution in [0.15, 0.2) is 48.8 Å². The Labute approximate surface area is 298 Å². The van der Waals surface area contributed by atoms with Gasteiger partial charge in [-0.25, -0.2) is 14.8 Å². The molecular formula is C35H36F9N5O4. The standard InChI is InChI=1S/C35H36F9N5O4/c1-4-24-16-28(26-15-21(33(36,37)38)6-7-27(26)49(24)31(52)53-5-2)48(19-20-12-22(34(39,40)41)14-23(13-20)35(42,43)44)30-45-17-25(18-46-30)47-10-8-32(3,9-11-47)29(50)51/h6-7,12-15,17-18,24,28H,4-5,8-11,16,19H2,1-3H3,(H,50,51)/t24-,28+/m1/s1. The number of amides is 1. The number of aromatic nitrogens is 2. The highest BCUT2D eigenvalue weighted by Gasteiger charge is 2.43. The summed E-state index contributed by atoms with van der Waals surface area (Å²) in [5, 5.41) is 9.60. The third kappa shape index (κ3) is 8.40. The number of carbonyl (C=O) groups excluding carboxylic acids is 1. The first kappa shape index (κ1) is 39.4. The van der Waals surface area contributed by atoms with Gasteiger partial charge in [-0.15, -0.1) is 0 Å². The maximum absolute atomic E-state index is 14.1. The van der Waals surface area contributed by atoms with Crippen LogP contribution < -0.4 is 14.7 Å². The molecule has 0 radical (unpaired) electrons. The molecule has 0 aliphatic carbocycles. The van der Waals surface area contributed by atoms with E-state index in [1.807, 2.05) is 4.90 Å². The molecule has 53 heavy (non-hydrogen) atoms. The monoisotopic (exact) mass is 761 g/mol. The molecule has 1 aromatic heterocycles. The van der Waals surface area contributed by atoms with Crippen molar-refractivity contribution < 1.29 is 58.9 Å².